The van der Waals surface area contributed by atoms with Crippen LogP contribution in [0.25, 0.3) is 0 Å². The van der Waals surface area contributed by atoms with Gasteiger partial charge in [0.05, 0.1) is 0 Å². The molecule has 2 aliphatic heterocycles. The summed E-state index contributed by atoms with van der Waals surface area (Å²) in [5.74, 6) is 1.94. The first-order valence-corrected chi connectivity index (χ1v) is 5.17. The summed E-state index contributed by atoms with van der Waals surface area (Å²) in [6.07, 6.45) is 2.83. The van der Waals surface area contributed by atoms with Gasteiger partial charge in [0.2, 0.25) is 0 Å². The zero-order chi connectivity index (χ0) is 8.55. The van der Waals surface area contributed by atoms with E-state index in [0.29, 0.717) is 0 Å². The first-order chi connectivity index (χ1) is 5.75. The average Bonchev–Trinajstić information content (AvgIpc) is 2.58. The molecule has 0 aliphatic carbocycles. The van der Waals surface area contributed by atoms with Gasteiger partial charge in [0.1, 0.15) is 0 Å². The fraction of sp³-hybridized carbons (Fsp3) is 1.00. The Balaban J connectivity index is 1.85. The fourth-order valence-corrected chi connectivity index (χ4v) is 2.69. The van der Waals surface area contributed by atoms with E-state index in [-0.39, 0.29) is 0 Å². The van der Waals surface area contributed by atoms with E-state index in [9.17, 15) is 0 Å². The van der Waals surface area contributed by atoms with Crippen molar-refractivity contribution in [2.45, 2.75) is 25.8 Å². The van der Waals surface area contributed by atoms with E-state index in [1.54, 1.807) is 0 Å². The standard InChI is InChI=1S/C10H20N2/c1-8-5-10(6-11-8)9-3-4-12(2)7-9/h8-11H,3-7H2,1-2H3. The van der Waals surface area contributed by atoms with Gasteiger partial charge in [0.25, 0.3) is 0 Å². The van der Waals surface area contributed by atoms with Gasteiger partial charge in [-0.3, -0.25) is 0 Å². The molecule has 1 N–H and O–H groups in total. The first kappa shape index (κ1) is 8.52. The zero-order valence-corrected chi connectivity index (χ0v) is 8.21. The van der Waals surface area contributed by atoms with Gasteiger partial charge in [-0.25, -0.2) is 0 Å². The average molecular weight is 168 g/mol. The highest BCUT2D eigenvalue weighted by atomic mass is 15.1. The van der Waals surface area contributed by atoms with Gasteiger partial charge in [-0.1, -0.05) is 0 Å². The number of nitrogens with zero attached hydrogens (tertiary/aromatic N) is 1. The van der Waals surface area contributed by atoms with Crippen molar-refractivity contribution in [3.63, 3.8) is 0 Å². The van der Waals surface area contributed by atoms with E-state index in [4.69, 9.17) is 0 Å². The molecule has 0 radical (unpaired) electrons. The summed E-state index contributed by atoms with van der Waals surface area (Å²) in [7, 11) is 2.24. The molecule has 0 aromatic carbocycles. The lowest BCUT2D eigenvalue weighted by Gasteiger charge is -2.16. The summed E-state index contributed by atoms with van der Waals surface area (Å²) in [5, 5.41) is 3.54. The van der Waals surface area contributed by atoms with Gasteiger partial charge in [-0.05, 0) is 51.7 Å². The predicted octanol–water partition coefficient (Wildman–Crippen LogP) is 0.936. The smallest absolute Gasteiger partial charge is 0.00420 e. The van der Waals surface area contributed by atoms with E-state index in [2.05, 4.69) is 24.2 Å². The Hall–Kier alpha value is -0.0800. The lowest BCUT2D eigenvalue weighted by atomic mass is 9.90. The third-order valence-corrected chi connectivity index (χ3v) is 3.48. The topological polar surface area (TPSA) is 15.3 Å². The normalized spacial score (nSPS) is 44.0. The van der Waals surface area contributed by atoms with Gasteiger partial charge >= 0.3 is 0 Å². The molecule has 0 aromatic rings. The van der Waals surface area contributed by atoms with Gasteiger partial charge in [-0.2, -0.15) is 0 Å². The lowest BCUT2D eigenvalue weighted by Crippen LogP contribution is -2.21. The summed E-state index contributed by atoms with van der Waals surface area (Å²) in [5.41, 5.74) is 0. The molecule has 0 amide bonds. The number of hydrogen-bond donors (Lipinski definition) is 1. The minimum Gasteiger partial charge on any atom is -0.314 e. The van der Waals surface area contributed by atoms with Crippen LogP contribution in [0.4, 0.5) is 0 Å². The maximum Gasteiger partial charge on any atom is 0.00420 e. The molecule has 0 spiro atoms. The number of likely N-dealkylation sites (tertiary alicyclic amines) is 1. The molecular formula is C10H20N2. The minimum atomic E-state index is 0.765. The summed E-state index contributed by atoms with van der Waals surface area (Å²) >= 11 is 0. The SMILES string of the molecule is CC1CC(C2CCN(C)C2)CN1. The molecule has 12 heavy (non-hydrogen) atoms. The highest BCUT2D eigenvalue weighted by Crippen LogP contribution is 2.29. The number of rotatable bonds is 1. The maximum absolute atomic E-state index is 3.54. The van der Waals surface area contributed by atoms with Crippen LogP contribution in [0.3, 0.4) is 0 Å². The molecule has 0 saturated carbocycles. The van der Waals surface area contributed by atoms with Crippen LogP contribution in [-0.2, 0) is 0 Å². The third-order valence-electron chi connectivity index (χ3n) is 3.48. The minimum absolute atomic E-state index is 0.765. The number of hydrogen-bond acceptors (Lipinski definition) is 2. The molecule has 2 rings (SSSR count). The maximum atomic E-state index is 3.54. The number of nitrogens with one attached hydrogen (secondary N) is 1. The highest BCUT2D eigenvalue weighted by molar-refractivity contribution is 4.87. The van der Waals surface area contributed by atoms with Crippen molar-refractivity contribution in [3.8, 4) is 0 Å². The summed E-state index contributed by atoms with van der Waals surface area (Å²) in [4.78, 5) is 2.47. The first-order valence-electron chi connectivity index (χ1n) is 5.17. The molecule has 70 valence electrons. The predicted molar refractivity (Wildman–Crippen MR) is 51.2 cm³/mol. The van der Waals surface area contributed by atoms with Crippen LogP contribution < -0.4 is 5.32 Å². The summed E-state index contributed by atoms with van der Waals surface area (Å²) in [6, 6.07) is 0.765. The molecule has 2 fully saturated rings. The molecule has 0 aromatic heterocycles. The van der Waals surface area contributed by atoms with Crippen molar-refractivity contribution < 1.29 is 0 Å². The largest absolute Gasteiger partial charge is 0.314 e. The van der Waals surface area contributed by atoms with Crippen molar-refractivity contribution in [3.05, 3.63) is 0 Å². The monoisotopic (exact) mass is 168 g/mol. The van der Waals surface area contributed by atoms with Crippen molar-refractivity contribution in [1.82, 2.24) is 10.2 Å². The second-order valence-electron chi connectivity index (χ2n) is 4.62. The Morgan fingerprint density at radius 2 is 2.17 bits per heavy atom. The van der Waals surface area contributed by atoms with Gasteiger partial charge < -0.3 is 10.2 Å². The quantitative estimate of drug-likeness (QED) is 0.627. The molecule has 2 saturated heterocycles. The van der Waals surface area contributed by atoms with E-state index in [1.165, 1.54) is 32.5 Å². The van der Waals surface area contributed by atoms with Crippen molar-refractivity contribution in [1.29, 1.82) is 0 Å². The van der Waals surface area contributed by atoms with Crippen LogP contribution in [0.15, 0.2) is 0 Å². The zero-order valence-electron chi connectivity index (χ0n) is 8.21. The second-order valence-corrected chi connectivity index (χ2v) is 4.62. The van der Waals surface area contributed by atoms with Crippen LogP contribution in [0.1, 0.15) is 19.8 Å². The molecule has 3 atom stereocenters. The Morgan fingerprint density at radius 1 is 1.33 bits per heavy atom. The van der Waals surface area contributed by atoms with Crippen LogP contribution in [0.5, 0.6) is 0 Å². The molecule has 2 aliphatic rings. The van der Waals surface area contributed by atoms with Crippen LogP contribution >= 0.6 is 0 Å². The van der Waals surface area contributed by atoms with E-state index < -0.39 is 0 Å². The fourth-order valence-electron chi connectivity index (χ4n) is 2.69. The van der Waals surface area contributed by atoms with Gasteiger partial charge in [-0.15, -0.1) is 0 Å². The van der Waals surface area contributed by atoms with Crippen LogP contribution in [0.2, 0.25) is 0 Å². The van der Waals surface area contributed by atoms with Crippen molar-refractivity contribution >= 4 is 0 Å². The summed E-state index contributed by atoms with van der Waals surface area (Å²) < 4.78 is 0. The van der Waals surface area contributed by atoms with E-state index in [0.717, 1.165) is 17.9 Å². The second kappa shape index (κ2) is 3.35. The van der Waals surface area contributed by atoms with Crippen molar-refractivity contribution in [2.24, 2.45) is 11.8 Å². The molecule has 2 heterocycles. The Labute approximate surface area is 75.3 Å². The third kappa shape index (κ3) is 1.64. The highest BCUT2D eigenvalue weighted by Gasteiger charge is 2.31. The molecule has 3 unspecified atom stereocenters. The van der Waals surface area contributed by atoms with E-state index >= 15 is 0 Å². The van der Waals surface area contributed by atoms with Crippen molar-refractivity contribution in [2.75, 3.05) is 26.7 Å². The summed E-state index contributed by atoms with van der Waals surface area (Å²) in [6.45, 7) is 6.22. The molecule has 2 heteroatoms. The molecular weight excluding hydrogens is 148 g/mol. The van der Waals surface area contributed by atoms with Gasteiger partial charge in [0, 0.05) is 12.6 Å². The van der Waals surface area contributed by atoms with Gasteiger partial charge in [0.15, 0.2) is 0 Å². The van der Waals surface area contributed by atoms with Crippen LogP contribution in [0, 0.1) is 11.8 Å². The lowest BCUT2D eigenvalue weighted by molar-refractivity contribution is 0.333. The Morgan fingerprint density at radius 3 is 2.67 bits per heavy atom. The Bertz CT molecular complexity index is 140. The molecule has 2 nitrogen and oxygen atoms in total. The Kier molecular flexibility index (Phi) is 2.37. The molecule has 0 bridgehead atoms. The van der Waals surface area contributed by atoms with E-state index in [1.807, 2.05) is 0 Å². The van der Waals surface area contributed by atoms with Crippen LogP contribution in [-0.4, -0.2) is 37.6 Å².